The highest BCUT2D eigenvalue weighted by Crippen LogP contribution is 2.34. The van der Waals surface area contributed by atoms with Gasteiger partial charge in [0.25, 0.3) is 0 Å². The van der Waals surface area contributed by atoms with Gasteiger partial charge in [-0.3, -0.25) is 0 Å². The van der Waals surface area contributed by atoms with E-state index in [4.69, 9.17) is 9.15 Å². The maximum Gasteiger partial charge on any atom is 0.320 e. The van der Waals surface area contributed by atoms with Gasteiger partial charge in [0, 0.05) is 31.9 Å². The van der Waals surface area contributed by atoms with Gasteiger partial charge in [-0.1, -0.05) is 0 Å². The molecular formula is C14H20N2O3S. The second-order valence-corrected chi connectivity index (χ2v) is 6.34. The van der Waals surface area contributed by atoms with E-state index in [-0.39, 0.29) is 6.03 Å². The van der Waals surface area contributed by atoms with E-state index in [1.807, 2.05) is 33.7 Å². The zero-order chi connectivity index (χ0) is 13.8. The highest BCUT2D eigenvalue weighted by molar-refractivity contribution is 7.99. The smallest absolute Gasteiger partial charge is 0.320 e. The van der Waals surface area contributed by atoms with Gasteiger partial charge in [0.2, 0.25) is 0 Å². The fourth-order valence-corrected chi connectivity index (χ4v) is 3.80. The van der Waals surface area contributed by atoms with Crippen LogP contribution in [0.4, 0.5) is 4.79 Å². The second kappa shape index (κ2) is 6.54. The van der Waals surface area contributed by atoms with Gasteiger partial charge in [0.1, 0.15) is 5.76 Å². The molecule has 0 N–H and O–H groups in total. The van der Waals surface area contributed by atoms with E-state index in [1.165, 1.54) is 0 Å². The van der Waals surface area contributed by atoms with Crippen LogP contribution in [0.5, 0.6) is 0 Å². The summed E-state index contributed by atoms with van der Waals surface area (Å²) in [7, 11) is 0. The van der Waals surface area contributed by atoms with Crippen LogP contribution in [0.15, 0.2) is 22.8 Å². The van der Waals surface area contributed by atoms with Crippen molar-refractivity contribution < 1.29 is 13.9 Å². The van der Waals surface area contributed by atoms with E-state index in [9.17, 15) is 4.79 Å². The van der Waals surface area contributed by atoms with Crippen molar-refractivity contribution in [1.29, 1.82) is 0 Å². The van der Waals surface area contributed by atoms with Crippen LogP contribution < -0.4 is 0 Å². The number of hydrogen-bond acceptors (Lipinski definition) is 4. The molecule has 1 aromatic rings. The SMILES string of the molecule is O=C(N1CCOCC1)N1CCS[C@@H](c2ccco2)CC1. The third-order valence-electron chi connectivity index (χ3n) is 3.75. The number of urea groups is 1. The Kier molecular flexibility index (Phi) is 4.52. The maximum absolute atomic E-state index is 12.5. The highest BCUT2D eigenvalue weighted by atomic mass is 32.2. The number of hydrogen-bond donors (Lipinski definition) is 0. The Balaban J connectivity index is 1.57. The molecule has 0 bridgehead atoms. The van der Waals surface area contributed by atoms with Gasteiger partial charge in [0.15, 0.2) is 0 Å². The summed E-state index contributed by atoms with van der Waals surface area (Å²) >= 11 is 1.88. The summed E-state index contributed by atoms with van der Waals surface area (Å²) in [6, 6.07) is 4.11. The number of ether oxygens (including phenoxy) is 1. The van der Waals surface area contributed by atoms with Crippen LogP contribution in [-0.2, 0) is 4.74 Å². The number of carbonyl (C=O) groups is 1. The van der Waals surface area contributed by atoms with Gasteiger partial charge in [-0.05, 0) is 18.6 Å². The molecule has 3 heterocycles. The first-order valence-corrected chi connectivity index (χ1v) is 8.16. The topological polar surface area (TPSA) is 45.9 Å². The predicted octanol–water partition coefficient (Wildman–Crippen LogP) is 2.21. The van der Waals surface area contributed by atoms with Gasteiger partial charge in [-0.2, -0.15) is 0 Å². The van der Waals surface area contributed by atoms with Crippen molar-refractivity contribution in [1.82, 2.24) is 9.80 Å². The fourth-order valence-electron chi connectivity index (χ4n) is 2.62. The van der Waals surface area contributed by atoms with Crippen molar-refractivity contribution >= 4 is 17.8 Å². The number of morpholine rings is 1. The lowest BCUT2D eigenvalue weighted by molar-refractivity contribution is 0.0438. The van der Waals surface area contributed by atoms with Crippen molar-refractivity contribution in [2.45, 2.75) is 11.7 Å². The molecule has 6 heteroatoms. The van der Waals surface area contributed by atoms with Crippen molar-refractivity contribution in [3.63, 3.8) is 0 Å². The zero-order valence-corrected chi connectivity index (χ0v) is 12.3. The molecular weight excluding hydrogens is 276 g/mol. The first-order chi connectivity index (χ1) is 9.84. The summed E-state index contributed by atoms with van der Waals surface area (Å²) in [6.07, 6.45) is 2.67. The molecule has 2 saturated heterocycles. The van der Waals surface area contributed by atoms with Crippen LogP contribution in [-0.4, -0.2) is 61.0 Å². The summed E-state index contributed by atoms with van der Waals surface area (Å²) in [5.41, 5.74) is 0. The summed E-state index contributed by atoms with van der Waals surface area (Å²) in [4.78, 5) is 16.3. The Bertz CT molecular complexity index is 432. The van der Waals surface area contributed by atoms with Gasteiger partial charge < -0.3 is 19.0 Å². The first kappa shape index (κ1) is 13.8. The molecule has 0 spiro atoms. The van der Waals surface area contributed by atoms with Crippen LogP contribution in [0.3, 0.4) is 0 Å². The third-order valence-corrected chi connectivity index (χ3v) is 5.04. The Morgan fingerprint density at radius 3 is 2.75 bits per heavy atom. The number of thioether (sulfide) groups is 1. The van der Waals surface area contributed by atoms with Gasteiger partial charge >= 0.3 is 6.03 Å². The van der Waals surface area contributed by atoms with Crippen LogP contribution in [0.1, 0.15) is 17.4 Å². The Morgan fingerprint density at radius 2 is 2.00 bits per heavy atom. The molecule has 1 atom stereocenters. The van der Waals surface area contributed by atoms with Gasteiger partial charge in [0.05, 0.1) is 24.7 Å². The van der Waals surface area contributed by atoms with E-state index in [0.717, 1.165) is 31.0 Å². The van der Waals surface area contributed by atoms with E-state index in [1.54, 1.807) is 6.26 Å². The molecule has 2 aliphatic heterocycles. The monoisotopic (exact) mass is 296 g/mol. The summed E-state index contributed by atoms with van der Waals surface area (Å²) < 4.78 is 10.8. The summed E-state index contributed by atoms with van der Waals surface area (Å²) in [5, 5.41) is 0.368. The molecule has 3 rings (SSSR count). The van der Waals surface area contributed by atoms with Crippen molar-refractivity contribution in [2.24, 2.45) is 0 Å². The number of amides is 2. The van der Waals surface area contributed by atoms with Crippen LogP contribution in [0.2, 0.25) is 0 Å². The van der Waals surface area contributed by atoms with Gasteiger partial charge in [-0.15, -0.1) is 11.8 Å². The minimum absolute atomic E-state index is 0.161. The zero-order valence-electron chi connectivity index (χ0n) is 11.5. The highest BCUT2D eigenvalue weighted by Gasteiger charge is 2.27. The maximum atomic E-state index is 12.5. The van der Waals surface area contributed by atoms with Crippen LogP contribution in [0, 0.1) is 0 Å². The minimum Gasteiger partial charge on any atom is -0.468 e. The molecule has 2 aliphatic rings. The first-order valence-electron chi connectivity index (χ1n) is 7.11. The lowest BCUT2D eigenvalue weighted by atomic mass is 10.2. The Morgan fingerprint density at radius 1 is 1.20 bits per heavy atom. The number of rotatable bonds is 1. The Labute approximate surface area is 123 Å². The second-order valence-electron chi connectivity index (χ2n) is 5.03. The molecule has 2 amide bonds. The van der Waals surface area contributed by atoms with Gasteiger partial charge in [-0.25, -0.2) is 4.79 Å². The standard InChI is InChI=1S/C14H20N2O3S/c17-14(16-5-9-18-10-6-16)15-4-3-13(20-11-7-15)12-2-1-8-19-12/h1-2,8,13H,3-7,9-11H2/t13-/m1/s1. The van der Waals surface area contributed by atoms with Crippen molar-refractivity contribution in [3.8, 4) is 0 Å². The predicted molar refractivity (Wildman–Crippen MR) is 77.9 cm³/mol. The van der Waals surface area contributed by atoms with Crippen molar-refractivity contribution in [2.75, 3.05) is 45.1 Å². The third kappa shape index (κ3) is 3.12. The van der Waals surface area contributed by atoms with E-state index in [0.29, 0.717) is 31.6 Å². The molecule has 0 radical (unpaired) electrons. The number of carbonyl (C=O) groups excluding carboxylic acids is 1. The molecule has 5 nitrogen and oxygen atoms in total. The van der Waals surface area contributed by atoms with Crippen LogP contribution in [0.25, 0.3) is 0 Å². The fraction of sp³-hybridized carbons (Fsp3) is 0.643. The van der Waals surface area contributed by atoms with Crippen LogP contribution >= 0.6 is 11.8 Å². The van der Waals surface area contributed by atoms with E-state index < -0.39 is 0 Å². The largest absolute Gasteiger partial charge is 0.468 e. The lowest BCUT2D eigenvalue weighted by Gasteiger charge is -2.32. The number of nitrogens with zero attached hydrogens (tertiary/aromatic N) is 2. The minimum atomic E-state index is 0.161. The molecule has 0 aliphatic carbocycles. The molecule has 0 unspecified atom stereocenters. The average molecular weight is 296 g/mol. The molecule has 0 aromatic carbocycles. The summed E-state index contributed by atoms with van der Waals surface area (Å²) in [5.74, 6) is 1.98. The lowest BCUT2D eigenvalue weighted by Crippen LogP contribution is -2.48. The molecule has 1 aromatic heterocycles. The average Bonchev–Trinajstić information content (AvgIpc) is 2.92. The van der Waals surface area contributed by atoms with E-state index in [2.05, 4.69) is 0 Å². The van der Waals surface area contributed by atoms with E-state index >= 15 is 0 Å². The summed E-state index contributed by atoms with van der Waals surface area (Å²) in [6.45, 7) is 4.35. The normalized spacial score (nSPS) is 24.5. The quantitative estimate of drug-likeness (QED) is 0.797. The molecule has 2 fully saturated rings. The molecule has 110 valence electrons. The molecule has 20 heavy (non-hydrogen) atoms. The van der Waals surface area contributed by atoms with Crippen molar-refractivity contribution in [3.05, 3.63) is 24.2 Å². The number of furan rings is 1. The molecule has 0 saturated carbocycles. The Hall–Kier alpha value is -1.14.